The van der Waals surface area contributed by atoms with Crippen LogP contribution in [0, 0.1) is 13.8 Å². The number of benzene rings is 2. The lowest BCUT2D eigenvalue weighted by Gasteiger charge is -2.33. The zero-order valence-electron chi connectivity index (χ0n) is 14.7. The summed E-state index contributed by atoms with van der Waals surface area (Å²) < 4.78 is 0. The van der Waals surface area contributed by atoms with Crippen LogP contribution >= 0.6 is 23.2 Å². The Morgan fingerprint density at radius 1 is 1.00 bits per heavy atom. The second kappa shape index (κ2) is 8.22. The highest BCUT2D eigenvalue weighted by atomic mass is 35.5. The Morgan fingerprint density at radius 3 is 2.32 bits per heavy atom. The van der Waals surface area contributed by atoms with Gasteiger partial charge >= 0.3 is 0 Å². The van der Waals surface area contributed by atoms with Gasteiger partial charge in [0.25, 0.3) is 0 Å². The van der Waals surface area contributed by atoms with Gasteiger partial charge in [-0.05, 0) is 37.1 Å². The molecule has 0 amide bonds. The maximum absolute atomic E-state index is 6.18. The molecule has 2 aromatic rings. The summed E-state index contributed by atoms with van der Waals surface area (Å²) in [6.45, 7) is 9.14. The summed E-state index contributed by atoms with van der Waals surface area (Å²) in [5.74, 6) is 0. The van der Waals surface area contributed by atoms with E-state index >= 15 is 0 Å². The molecule has 0 radical (unpaired) electrons. The molecule has 1 aliphatic rings. The molecule has 0 aromatic heterocycles. The van der Waals surface area contributed by atoms with Gasteiger partial charge in [0.1, 0.15) is 0 Å². The summed E-state index contributed by atoms with van der Waals surface area (Å²) in [5.41, 5.74) is 4.88. The molecule has 0 saturated carbocycles. The molecule has 0 bridgehead atoms. The molecular formula is C20H23Cl2N3. The molecule has 1 heterocycles. The SMILES string of the molecule is Cc1ccc(CN2CCN(N=Cc3c(Cl)cccc3Cl)CC2)c(C)c1. The van der Waals surface area contributed by atoms with Gasteiger partial charge in [0.15, 0.2) is 0 Å². The molecule has 0 unspecified atom stereocenters. The topological polar surface area (TPSA) is 18.8 Å². The smallest absolute Gasteiger partial charge is 0.0572 e. The van der Waals surface area contributed by atoms with E-state index in [1.807, 2.05) is 18.2 Å². The van der Waals surface area contributed by atoms with Crippen molar-refractivity contribution in [1.82, 2.24) is 9.91 Å². The van der Waals surface area contributed by atoms with Gasteiger partial charge in [-0.3, -0.25) is 9.91 Å². The van der Waals surface area contributed by atoms with Crippen molar-refractivity contribution in [3.63, 3.8) is 0 Å². The summed E-state index contributed by atoms with van der Waals surface area (Å²) in [4.78, 5) is 2.48. The molecule has 1 aliphatic heterocycles. The van der Waals surface area contributed by atoms with Gasteiger partial charge < -0.3 is 0 Å². The first kappa shape index (κ1) is 18.2. The number of piperazine rings is 1. The van der Waals surface area contributed by atoms with Crippen molar-refractivity contribution in [3.05, 3.63) is 68.7 Å². The fourth-order valence-electron chi connectivity index (χ4n) is 3.05. The minimum absolute atomic E-state index is 0.629. The zero-order valence-corrected chi connectivity index (χ0v) is 16.2. The minimum Gasteiger partial charge on any atom is -0.295 e. The Kier molecular flexibility index (Phi) is 6.00. The lowest BCUT2D eigenvalue weighted by atomic mass is 10.1. The second-order valence-electron chi connectivity index (χ2n) is 6.54. The number of aryl methyl sites for hydroxylation is 2. The molecule has 0 N–H and O–H groups in total. The van der Waals surface area contributed by atoms with Gasteiger partial charge in [0.2, 0.25) is 0 Å². The van der Waals surface area contributed by atoms with E-state index in [4.69, 9.17) is 23.2 Å². The van der Waals surface area contributed by atoms with Gasteiger partial charge in [-0.1, -0.05) is 53.0 Å². The summed E-state index contributed by atoms with van der Waals surface area (Å²) >= 11 is 12.4. The Morgan fingerprint density at radius 2 is 1.68 bits per heavy atom. The molecule has 0 aliphatic carbocycles. The van der Waals surface area contributed by atoms with Crippen molar-refractivity contribution in [1.29, 1.82) is 0 Å². The van der Waals surface area contributed by atoms with E-state index in [0.29, 0.717) is 10.0 Å². The summed E-state index contributed by atoms with van der Waals surface area (Å²) in [7, 11) is 0. The molecule has 1 saturated heterocycles. The van der Waals surface area contributed by atoms with Gasteiger partial charge in [0.05, 0.1) is 16.3 Å². The van der Waals surface area contributed by atoms with E-state index in [1.165, 1.54) is 16.7 Å². The van der Waals surface area contributed by atoms with Crippen LogP contribution in [0.4, 0.5) is 0 Å². The van der Waals surface area contributed by atoms with Crippen molar-refractivity contribution in [3.8, 4) is 0 Å². The Hall–Kier alpha value is -1.55. The fraction of sp³-hybridized carbons (Fsp3) is 0.350. The number of nitrogens with zero attached hydrogens (tertiary/aromatic N) is 3. The molecule has 3 nitrogen and oxygen atoms in total. The third-order valence-electron chi connectivity index (χ3n) is 4.59. The van der Waals surface area contributed by atoms with Crippen LogP contribution < -0.4 is 0 Å². The van der Waals surface area contributed by atoms with Crippen molar-refractivity contribution < 1.29 is 0 Å². The van der Waals surface area contributed by atoms with Crippen LogP contribution in [0.1, 0.15) is 22.3 Å². The molecule has 2 aromatic carbocycles. The predicted octanol–water partition coefficient (Wildman–Crippen LogP) is 4.76. The predicted molar refractivity (Wildman–Crippen MR) is 107 cm³/mol. The lowest BCUT2D eigenvalue weighted by Crippen LogP contribution is -2.43. The third kappa shape index (κ3) is 4.75. The molecule has 5 heteroatoms. The molecule has 1 fully saturated rings. The number of hydrogen-bond donors (Lipinski definition) is 0. The number of hydrogen-bond acceptors (Lipinski definition) is 3. The van der Waals surface area contributed by atoms with Crippen LogP contribution in [0.15, 0.2) is 41.5 Å². The van der Waals surface area contributed by atoms with E-state index in [0.717, 1.165) is 38.3 Å². The van der Waals surface area contributed by atoms with Crippen LogP contribution in [0.25, 0.3) is 0 Å². The standard InChI is InChI=1S/C20H23Cl2N3/c1-15-6-7-17(16(2)12-15)14-24-8-10-25(11-9-24)23-13-18-19(21)4-3-5-20(18)22/h3-7,12-13H,8-11,14H2,1-2H3. The number of halogens is 2. The van der Waals surface area contributed by atoms with Crippen LogP contribution in [-0.2, 0) is 6.54 Å². The van der Waals surface area contributed by atoms with E-state index in [9.17, 15) is 0 Å². The second-order valence-corrected chi connectivity index (χ2v) is 7.35. The summed E-state index contributed by atoms with van der Waals surface area (Å²) in [6, 6.07) is 12.2. The quantitative estimate of drug-likeness (QED) is 0.717. The largest absolute Gasteiger partial charge is 0.295 e. The van der Waals surface area contributed by atoms with E-state index < -0.39 is 0 Å². The maximum Gasteiger partial charge on any atom is 0.0572 e. The molecule has 0 spiro atoms. The van der Waals surface area contributed by atoms with E-state index in [-0.39, 0.29) is 0 Å². The average Bonchev–Trinajstić information content (AvgIpc) is 2.58. The van der Waals surface area contributed by atoms with Crippen molar-refractivity contribution in [2.75, 3.05) is 26.2 Å². The number of rotatable bonds is 4. The first-order valence-electron chi connectivity index (χ1n) is 8.54. The highest BCUT2D eigenvalue weighted by Gasteiger charge is 2.16. The zero-order chi connectivity index (χ0) is 17.8. The first-order chi connectivity index (χ1) is 12.0. The van der Waals surface area contributed by atoms with Gasteiger partial charge in [-0.25, -0.2) is 0 Å². The normalized spacial score (nSPS) is 15.9. The molecular weight excluding hydrogens is 353 g/mol. The Balaban J connectivity index is 1.56. The molecule has 0 atom stereocenters. The highest BCUT2D eigenvalue weighted by Crippen LogP contribution is 2.22. The van der Waals surface area contributed by atoms with Crippen molar-refractivity contribution in [2.45, 2.75) is 20.4 Å². The van der Waals surface area contributed by atoms with Crippen LogP contribution in [0.3, 0.4) is 0 Å². The van der Waals surface area contributed by atoms with E-state index in [1.54, 1.807) is 6.21 Å². The molecule has 3 rings (SSSR count). The first-order valence-corrected chi connectivity index (χ1v) is 9.30. The Labute approximate surface area is 159 Å². The van der Waals surface area contributed by atoms with Gasteiger partial charge in [0, 0.05) is 38.3 Å². The van der Waals surface area contributed by atoms with Crippen molar-refractivity contribution in [2.24, 2.45) is 5.10 Å². The number of hydrazone groups is 1. The van der Waals surface area contributed by atoms with Gasteiger partial charge in [-0.15, -0.1) is 0 Å². The van der Waals surface area contributed by atoms with Crippen molar-refractivity contribution >= 4 is 29.4 Å². The van der Waals surface area contributed by atoms with Crippen LogP contribution in [0.5, 0.6) is 0 Å². The Bertz CT molecular complexity index is 745. The lowest BCUT2D eigenvalue weighted by molar-refractivity contribution is 0.131. The molecule has 25 heavy (non-hydrogen) atoms. The summed E-state index contributed by atoms with van der Waals surface area (Å²) in [5, 5.41) is 7.90. The fourth-order valence-corrected chi connectivity index (χ4v) is 3.54. The van der Waals surface area contributed by atoms with Crippen LogP contribution in [-0.4, -0.2) is 42.3 Å². The van der Waals surface area contributed by atoms with E-state index in [2.05, 4.69) is 47.1 Å². The third-order valence-corrected chi connectivity index (χ3v) is 5.25. The maximum atomic E-state index is 6.18. The molecule has 132 valence electrons. The monoisotopic (exact) mass is 375 g/mol. The van der Waals surface area contributed by atoms with Gasteiger partial charge in [-0.2, -0.15) is 5.10 Å². The van der Waals surface area contributed by atoms with Crippen LogP contribution in [0.2, 0.25) is 10.0 Å². The highest BCUT2D eigenvalue weighted by molar-refractivity contribution is 6.38. The minimum atomic E-state index is 0.629. The summed E-state index contributed by atoms with van der Waals surface area (Å²) in [6.07, 6.45) is 1.77. The average molecular weight is 376 g/mol.